The zero-order valence-electron chi connectivity index (χ0n) is 10.9. The number of rotatable bonds is 4. The minimum absolute atomic E-state index is 0.0846. The van der Waals surface area contributed by atoms with Gasteiger partial charge in [0.15, 0.2) is 0 Å². The molecule has 0 saturated carbocycles. The number of hydrogen-bond acceptors (Lipinski definition) is 3. The molecule has 1 aromatic carbocycles. The average Bonchev–Trinajstić information content (AvgIpc) is 2.80. The molecule has 0 bridgehead atoms. The van der Waals surface area contributed by atoms with Gasteiger partial charge in [0.05, 0.1) is 25.4 Å². The lowest BCUT2D eigenvalue weighted by molar-refractivity contribution is 0.270. The molecule has 0 radical (unpaired) electrons. The van der Waals surface area contributed by atoms with Crippen molar-refractivity contribution in [3.8, 4) is 0 Å². The molecule has 2 aromatic rings. The largest absolute Gasteiger partial charge is 0.394 e. The van der Waals surface area contributed by atoms with Crippen molar-refractivity contribution in [3.63, 3.8) is 0 Å². The molecule has 0 unspecified atom stereocenters. The maximum absolute atomic E-state index is 8.93. The number of benzene rings is 1. The van der Waals surface area contributed by atoms with Crippen molar-refractivity contribution < 1.29 is 5.11 Å². The highest BCUT2D eigenvalue weighted by atomic mass is 35.5. The van der Waals surface area contributed by atoms with Crippen LogP contribution in [0.3, 0.4) is 0 Å². The molecule has 0 saturated heterocycles. The van der Waals surface area contributed by atoms with E-state index in [0.717, 1.165) is 0 Å². The van der Waals surface area contributed by atoms with Crippen LogP contribution in [-0.2, 0) is 6.54 Å². The minimum Gasteiger partial charge on any atom is -0.394 e. The Morgan fingerprint density at radius 1 is 1.43 bits per heavy atom. The molecule has 3 N–H and O–H groups in total. The Kier molecular flexibility index (Phi) is 4.86. The van der Waals surface area contributed by atoms with Crippen LogP contribution >= 0.6 is 23.2 Å². The average molecular weight is 323 g/mol. The number of aliphatic hydroxyl groups is 1. The van der Waals surface area contributed by atoms with Crippen molar-refractivity contribution in [2.45, 2.75) is 6.54 Å². The number of aliphatic hydroxyl groups excluding tert-OH is 1. The van der Waals surface area contributed by atoms with Crippen LogP contribution in [0.1, 0.15) is 11.3 Å². The van der Waals surface area contributed by atoms with Crippen LogP contribution in [0.15, 0.2) is 24.3 Å². The first-order valence-electron chi connectivity index (χ1n) is 6.04. The predicted molar refractivity (Wildman–Crippen MR) is 84.7 cm³/mol. The summed E-state index contributed by atoms with van der Waals surface area (Å²) in [6.45, 7) is 7.48. The molecule has 2 rings (SSSR count). The third-order valence-electron chi connectivity index (χ3n) is 2.79. The van der Waals surface area contributed by atoms with Gasteiger partial charge < -0.3 is 10.8 Å². The van der Waals surface area contributed by atoms with E-state index in [0.29, 0.717) is 27.1 Å². The van der Waals surface area contributed by atoms with Gasteiger partial charge in [0, 0.05) is 15.6 Å². The van der Waals surface area contributed by atoms with Gasteiger partial charge in [-0.25, -0.2) is 9.53 Å². The normalized spacial score (nSPS) is 11.4. The molecule has 1 heterocycles. The van der Waals surface area contributed by atoms with E-state index < -0.39 is 0 Å². The molecule has 1 aromatic heterocycles. The first-order chi connectivity index (χ1) is 10.1. The van der Waals surface area contributed by atoms with Crippen LogP contribution in [0.2, 0.25) is 10.0 Å². The summed E-state index contributed by atoms with van der Waals surface area (Å²) in [4.78, 5) is 3.45. The minimum atomic E-state index is -0.0846. The van der Waals surface area contributed by atoms with Crippen molar-refractivity contribution in [2.75, 3.05) is 12.3 Å². The Labute approximate surface area is 132 Å². The second kappa shape index (κ2) is 6.64. The Bertz CT molecular complexity index is 711. The maximum atomic E-state index is 8.93. The third kappa shape index (κ3) is 3.37. The van der Waals surface area contributed by atoms with Gasteiger partial charge in [-0.2, -0.15) is 5.10 Å². The van der Waals surface area contributed by atoms with E-state index in [1.807, 2.05) is 0 Å². The number of anilines is 1. The molecule has 21 heavy (non-hydrogen) atoms. The van der Waals surface area contributed by atoms with Gasteiger partial charge in [-0.1, -0.05) is 29.3 Å². The second-order valence-electron chi connectivity index (χ2n) is 4.18. The molecule has 0 atom stereocenters. The quantitative estimate of drug-likeness (QED) is 0.849. The number of nitrogen functional groups attached to an aromatic ring is 1. The predicted octanol–water partition coefficient (Wildman–Crippen LogP) is 3.18. The lowest BCUT2D eigenvalue weighted by Gasteiger charge is -2.02. The molecule has 0 fully saturated rings. The van der Waals surface area contributed by atoms with E-state index in [2.05, 4.69) is 9.94 Å². The SMILES string of the molecule is [C-]#[N+]C(=Cc1c(Cl)cccc1Cl)c1cc(N)n(CCO)n1. The molecule has 0 aliphatic heterocycles. The molecule has 0 aliphatic rings. The van der Waals surface area contributed by atoms with E-state index in [-0.39, 0.29) is 18.8 Å². The van der Waals surface area contributed by atoms with Crippen molar-refractivity contribution in [3.05, 3.63) is 57.0 Å². The monoisotopic (exact) mass is 322 g/mol. The van der Waals surface area contributed by atoms with Gasteiger partial charge in [0.25, 0.3) is 0 Å². The molecule has 108 valence electrons. The number of nitrogens with zero attached hydrogens (tertiary/aromatic N) is 3. The smallest absolute Gasteiger partial charge is 0.214 e. The summed E-state index contributed by atoms with van der Waals surface area (Å²) in [7, 11) is 0. The third-order valence-corrected chi connectivity index (χ3v) is 3.45. The van der Waals surface area contributed by atoms with Crippen LogP contribution in [0.5, 0.6) is 0 Å². The molecule has 0 spiro atoms. The van der Waals surface area contributed by atoms with Gasteiger partial charge >= 0.3 is 0 Å². The van der Waals surface area contributed by atoms with Crippen molar-refractivity contribution in [2.24, 2.45) is 0 Å². The molecular weight excluding hydrogens is 311 g/mol. The van der Waals surface area contributed by atoms with E-state index in [1.165, 1.54) is 4.68 Å². The van der Waals surface area contributed by atoms with Gasteiger partial charge in [-0.15, -0.1) is 0 Å². The first kappa shape index (κ1) is 15.4. The molecular formula is C14H12Cl2N4O. The number of halogens is 2. The molecule has 0 aliphatic carbocycles. The van der Waals surface area contributed by atoms with Crippen LogP contribution in [0, 0.1) is 6.57 Å². The Hall–Kier alpha value is -2.00. The highest BCUT2D eigenvalue weighted by Crippen LogP contribution is 2.29. The summed E-state index contributed by atoms with van der Waals surface area (Å²) in [6, 6.07) is 6.69. The Balaban J connectivity index is 2.47. The zero-order valence-corrected chi connectivity index (χ0v) is 12.4. The summed E-state index contributed by atoms with van der Waals surface area (Å²) in [5.74, 6) is 0.374. The van der Waals surface area contributed by atoms with E-state index in [9.17, 15) is 0 Å². The summed E-state index contributed by atoms with van der Waals surface area (Å²) >= 11 is 12.2. The number of hydrogen-bond donors (Lipinski definition) is 2. The van der Waals surface area contributed by atoms with E-state index >= 15 is 0 Å². The van der Waals surface area contributed by atoms with Gasteiger partial charge in [0.1, 0.15) is 5.82 Å². The fraction of sp³-hybridized carbons (Fsp3) is 0.143. The highest BCUT2D eigenvalue weighted by molar-refractivity contribution is 6.37. The Morgan fingerprint density at radius 2 is 2.10 bits per heavy atom. The maximum Gasteiger partial charge on any atom is 0.214 e. The Morgan fingerprint density at radius 3 is 2.67 bits per heavy atom. The van der Waals surface area contributed by atoms with Crippen molar-refractivity contribution >= 4 is 40.8 Å². The first-order valence-corrected chi connectivity index (χ1v) is 6.80. The summed E-state index contributed by atoms with van der Waals surface area (Å²) in [5.41, 5.74) is 7.02. The van der Waals surface area contributed by atoms with E-state index in [1.54, 1.807) is 30.3 Å². The van der Waals surface area contributed by atoms with Crippen LogP contribution in [0.4, 0.5) is 5.82 Å². The molecule has 5 nitrogen and oxygen atoms in total. The van der Waals surface area contributed by atoms with Gasteiger partial charge in [-0.05, 0) is 24.3 Å². The summed E-state index contributed by atoms with van der Waals surface area (Å²) < 4.78 is 1.43. The standard InChI is InChI=1S/C14H12Cl2N4O/c1-18-12(7-9-10(15)3-2-4-11(9)16)13-8-14(17)20(19-13)5-6-21/h2-4,7-8,21H,5-6,17H2. The zero-order chi connectivity index (χ0) is 15.4. The van der Waals surface area contributed by atoms with E-state index in [4.69, 9.17) is 40.6 Å². The van der Waals surface area contributed by atoms with Gasteiger partial charge in [-0.3, -0.25) is 0 Å². The summed E-state index contributed by atoms with van der Waals surface area (Å²) in [6.07, 6.45) is 1.57. The number of nitrogens with two attached hydrogens (primary N) is 1. The van der Waals surface area contributed by atoms with Crippen LogP contribution < -0.4 is 5.73 Å². The highest BCUT2D eigenvalue weighted by Gasteiger charge is 2.12. The van der Waals surface area contributed by atoms with Crippen molar-refractivity contribution in [1.82, 2.24) is 9.78 Å². The number of aromatic nitrogens is 2. The molecule has 0 amide bonds. The van der Waals surface area contributed by atoms with Crippen molar-refractivity contribution in [1.29, 1.82) is 0 Å². The summed E-state index contributed by atoms with van der Waals surface area (Å²) in [5, 5.41) is 14.0. The topological polar surface area (TPSA) is 68.4 Å². The fourth-order valence-corrected chi connectivity index (χ4v) is 2.29. The lowest BCUT2D eigenvalue weighted by atomic mass is 10.1. The second-order valence-corrected chi connectivity index (χ2v) is 4.99. The van der Waals surface area contributed by atoms with Gasteiger partial charge in [0.2, 0.25) is 5.70 Å². The lowest BCUT2D eigenvalue weighted by Crippen LogP contribution is -2.07. The van der Waals surface area contributed by atoms with Crippen LogP contribution in [0.25, 0.3) is 16.6 Å². The van der Waals surface area contributed by atoms with Crippen LogP contribution in [-0.4, -0.2) is 21.5 Å². The fourth-order valence-electron chi connectivity index (χ4n) is 1.78. The molecule has 7 heteroatoms.